The van der Waals surface area contributed by atoms with Crippen molar-refractivity contribution in [2.24, 2.45) is 0 Å². The summed E-state index contributed by atoms with van der Waals surface area (Å²) < 4.78 is 11.4. The van der Waals surface area contributed by atoms with Crippen LogP contribution in [-0.2, 0) is 37.4 Å². The quantitative estimate of drug-likeness (QED) is 0.533. The second-order valence-electron chi connectivity index (χ2n) is 4.36. The molecule has 21 heavy (non-hydrogen) atoms. The first kappa shape index (κ1) is 18.6. The monoisotopic (exact) mass is 423 g/mol. The molecule has 0 saturated heterocycles. The minimum atomic E-state index is 0. The van der Waals surface area contributed by atoms with Gasteiger partial charge >= 0.3 is 0 Å². The van der Waals surface area contributed by atoms with E-state index in [1.165, 1.54) is 0 Å². The fourth-order valence-electron chi connectivity index (χ4n) is 1.84. The van der Waals surface area contributed by atoms with Crippen LogP contribution >= 0.6 is 15.9 Å². The average Bonchev–Trinajstić information content (AvgIpc) is 2.46. The van der Waals surface area contributed by atoms with Crippen molar-refractivity contribution in [3.05, 3.63) is 58.7 Å². The van der Waals surface area contributed by atoms with E-state index in [0.29, 0.717) is 13.2 Å². The van der Waals surface area contributed by atoms with Crippen LogP contribution in [0.25, 0.3) is 5.70 Å². The molecule has 0 fully saturated rings. The van der Waals surface area contributed by atoms with Gasteiger partial charge in [0, 0.05) is 46.9 Å². The van der Waals surface area contributed by atoms with Crippen molar-refractivity contribution < 1.29 is 42.2 Å². The summed E-state index contributed by atoms with van der Waals surface area (Å²) in [5, 5.41) is 0. The van der Waals surface area contributed by atoms with Crippen molar-refractivity contribution >= 4 is 21.6 Å². The average molecular weight is 424 g/mol. The number of likely N-dealkylation sites (N-methyl/N-ethyl adjacent to an activating group) is 1. The van der Waals surface area contributed by atoms with Crippen LogP contribution in [0.4, 0.5) is 0 Å². The number of methoxy groups -OCH3 is 1. The van der Waals surface area contributed by atoms with Crippen molar-refractivity contribution in [3.8, 4) is 5.75 Å². The van der Waals surface area contributed by atoms with Gasteiger partial charge in [-0.05, 0) is 17.8 Å². The number of benzene rings is 1. The van der Waals surface area contributed by atoms with E-state index >= 15 is 0 Å². The summed E-state index contributed by atoms with van der Waals surface area (Å²) in [7, 11) is 3.63. The van der Waals surface area contributed by atoms with Crippen LogP contribution in [0.15, 0.2) is 47.1 Å². The Morgan fingerprint density at radius 1 is 1.24 bits per heavy atom. The van der Waals surface area contributed by atoms with Crippen LogP contribution in [0.3, 0.4) is 0 Å². The maximum atomic E-state index is 5.55. The number of nitrogens with zero attached hydrogens (tertiary/aromatic N) is 1. The summed E-state index contributed by atoms with van der Waals surface area (Å²) in [5.41, 5.74) is 2.98. The molecule has 1 aromatic rings. The topological polar surface area (TPSA) is 21.7 Å². The largest absolute Gasteiger partial charge is 0.491 e. The minimum absolute atomic E-state index is 0. The van der Waals surface area contributed by atoms with Gasteiger partial charge in [0.1, 0.15) is 12.4 Å². The SMILES string of the molecule is C=C1C(Br)=C[C-]=C(c2ccc(OCCOC)cc2)N1C.[Y]. The molecule has 1 aromatic carbocycles. The molecule has 0 bridgehead atoms. The van der Waals surface area contributed by atoms with Crippen LogP contribution in [-0.4, -0.2) is 32.3 Å². The second kappa shape index (κ2) is 8.89. The Bertz CT molecular complexity index is 552. The molecular formula is C16H17BrNO2Y-. The van der Waals surface area contributed by atoms with E-state index < -0.39 is 0 Å². The molecule has 0 spiro atoms. The van der Waals surface area contributed by atoms with Crippen LogP contribution in [0.1, 0.15) is 5.56 Å². The number of hydrogen-bond acceptors (Lipinski definition) is 3. The van der Waals surface area contributed by atoms with Gasteiger partial charge < -0.3 is 14.4 Å². The number of rotatable bonds is 5. The van der Waals surface area contributed by atoms with E-state index in [2.05, 4.69) is 28.6 Å². The maximum absolute atomic E-state index is 5.55. The Kier molecular flexibility index (Phi) is 7.89. The van der Waals surface area contributed by atoms with Gasteiger partial charge in [0.05, 0.1) is 6.61 Å². The molecule has 2 rings (SSSR count). The molecule has 1 radical (unpaired) electrons. The number of allylic oxidation sites excluding steroid dienone is 3. The molecule has 0 aromatic heterocycles. The predicted octanol–water partition coefficient (Wildman–Crippen LogP) is 3.59. The summed E-state index contributed by atoms with van der Waals surface area (Å²) >= 11 is 3.45. The van der Waals surface area contributed by atoms with Crippen LogP contribution in [0, 0.1) is 6.08 Å². The summed E-state index contributed by atoms with van der Waals surface area (Å²) in [5.74, 6) is 0.834. The fourth-order valence-corrected chi connectivity index (χ4v) is 2.22. The van der Waals surface area contributed by atoms with Gasteiger partial charge in [0.15, 0.2) is 0 Å². The van der Waals surface area contributed by atoms with E-state index in [1.807, 2.05) is 42.3 Å². The Morgan fingerprint density at radius 2 is 1.90 bits per heavy atom. The summed E-state index contributed by atoms with van der Waals surface area (Å²) in [6.07, 6.45) is 5.14. The van der Waals surface area contributed by atoms with Gasteiger partial charge in [0.2, 0.25) is 0 Å². The van der Waals surface area contributed by atoms with Crippen molar-refractivity contribution in [2.75, 3.05) is 27.4 Å². The van der Waals surface area contributed by atoms with Gasteiger partial charge in [-0.15, -0.1) is 28.1 Å². The third kappa shape index (κ3) is 4.78. The van der Waals surface area contributed by atoms with E-state index in [0.717, 1.165) is 27.2 Å². The number of ether oxygens (including phenoxy) is 2. The van der Waals surface area contributed by atoms with Gasteiger partial charge in [-0.25, -0.2) is 0 Å². The van der Waals surface area contributed by atoms with Crippen molar-refractivity contribution in [1.29, 1.82) is 0 Å². The molecule has 109 valence electrons. The third-order valence-electron chi connectivity index (χ3n) is 3.04. The molecule has 0 amide bonds. The van der Waals surface area contributed by atoms with Crippen LogP contribution < -0.4 is 4.74 Å². The molecule has 0 atom stereocenters. The molecule has 3 nitrogen and oxygen atoms in total. The van der Waals surface area contributed by atoms with Crippen molar-refractivity contribution in [3.63, 3.8) is 0 Å². The van der Waals surface area contributed by atoms with E-state index in [9.17, 15) is 0 Å². The van der Waals surface area contributed by atoms with Crippen LogP contribution in [0.5, 0.6) is 5.75 Å². The first-order valence-electron chi connectivity index (χ1n) is 6.28. The minimum Gasteiger partial charge on any atom is -0.491 e. The van der Waals surface area contributed by atoms with E-state index in [4.69, 9.17) is 9.47 Å². The first-order valence-corrected chi connectivity index (χ1v) is 7.07. The zero-order valence-electron chi connectivity index (χ0n) is 12.2. The van der Waals surface area contributed by atoms with Crippen LogP contribution in [0.2, 0.25) is 0 Å². The smallest absolute Gasteiger partial charge is 0.117 e. The van der Waals surface area contributed by atoms with Crippen molar-refractivity contribution in [1.82, 2.24) is 4.90 Å². The Morgan fingerprint density at radius 3 is 2.52 bits per heavy atom. The molecule has 5 heteroatoms. The maximum Gasteiger partial charge on any atom is 0.117 e. The van der Waals surface area contributed by atoms with Gasteiger partial charge in [-0.3, -0.25) is 0 Å². The Balaban J connectivity index is 0.00000220. The summed E-state index contributed by atoms with van der Waals surface area (Å²) in [6, 6.07) is 7.93. The fraction of sp³-hybridized carbons (Fsp3) is 0.250. The molecule has 0 N–H and O–H groups in total. The van der Waals surface area contributed by atoms with Gasteiger partial charge in [0.25, 0.3) is 0 Å². The predicted molar refractivity (Wildman–Crippen MR) is 84.4 cm³/mol. The Labute approximate surface area is 159 Å². The second-order valence-corrected chi connectivity index (χ2v) is 5.21. The number of halogens is 1. The van der Waals surface area contributed by atoms with Crippen molar-refractivity contribution in [2.45, 2.75) is 0 Å². The zero-order chi connectivity index (χ0) is 14.5. The summed E-state index contributed by atoms with van der Waals surface area (Å²) in [6.45, 7) is 5.17. The molecule has 1 aliphatic rings. The molecular weight excluding hydrogens is 407 g/mol. The molecule has 0 unspecified atom stereocenters. The summed E-state index contributed by atoms with van der Waals surface area (Å²) in [4.78, 5) is 2.00. The van der Waals surface area contributed by atoms with E-state index in [1.54, 1.807) is 7.11 Å². The zero-order valence-corrected chi connectivity index (χ0v) is 16.7. The molecule has 1 heterocycles. The van der Waals surface area contributed by atoms with Gasteiger partial charge in [-0.2, -0.15) is 12.2 Å². The third-order valence-corrected chi connectivity index (χ3v) is 3.72. The standard InChI is InChI=1S/C16H17BrNO2.Y/c1-12-15(17)8-9-16(18(12)2)13-4-6-14(7-5-13)20-11-10-19-3;/h4-8H,1,10-11H2,2-3H3;/q-1;. The Hall–Kier alpha value is -0.416. The number of hydrogen-bond donors (Lipinski definition) is 0. The normalized spacial score (nSPS) is 14.2. The molecule has 1 aliphatic heterocycles. The molecule has 0 saturated carbocycles. The van der Waals surface area contributed by atoms with Gasteiger partial charge in [-0.1, -0.05) is 22.3 Å². The van der Waals surface area contributed by atoms with E-state index in [-0.39, 0.29) is 32.7 Å². The molecule has 0 aliphatic carbocycles. The first-order chi connectivity index (χ1) is 9.63.